The fourth-order valence-corrected chi connectivity index (χ4v) is 1.91. The molecule has 0 aromatic carbocycles. The average molecular weight is 224 g/mol. The van der Waals surface area contributed by atoms with Crippen LogP contribution < -0.4 is 5.32 Å². The molecule has 5 nitrogen and oxygen atoms in total. The van der Waals surface area contributed by atoms with Gasteiger partial charge in [-0.05, 0) is 12.8 Å². The Morgan fingerprint density at radius 1 is 1.67 bits per heavy atom. The highest BCUT2D eigenvalue weighted by molar-refractivity contribution is 7.99. The molecule has 0 bridgehead atoms. The van der Waals surface area contributed by atoms with Gasteiger partial charge in [-0.25, -0.2) is 0 Å². The minimum atomic E-state index is -0.130. The number of nitriles is 1. The lowest BCUT2D eigenvalue weighted by molar-refractivity contribution is 0.429. The van der Waals surface area contributed by atoms with Crippen molar-refractivity contribution >= 4 is 11.8 Å². The number of aryl methyl sites for hydroxylation is 1. The van der Waals surface area contributed by atoms with Gasteiger partial charge in [0.25, 0.3) is 5.22 Å². The SMILES string of the molecule is Cc1nnc(SCC(C#N)NC2CC2)o1. The quantitative estimate of drug-likeness (QED) is 0.755. The Labute approximate surface area is 92.2 Å². The number of aromatic nitrogens is 2. The number of nitrogens with one attached hydrogen (secondary N) is 1. The Bertz CT molecular complexity index is 368. The molecule has 0 spiro atoms. The topological polar surface area (TPSA) is 74.7 Å². The van der Waals surface area contributed by atoms with Crippen molar-refractivity contribution in [1.82, 2.24) is 15.5 Å². The van der Waals surface area contributed by atoms with Crippen molar-refractivity contribution in [3.05, 3.63) is 5.89 Å². The van der Waals surface area contributed by atoms with E-state index in [0.717, 1.165) is 0 Å². The Balaban J connectivity index is 1.77. The molecule has 1 aromatic rings. The fraction of sp³-hybridized carbons (Fsp3) is 0.667. The van der Waals surface area contributed by atoms with Crippen LogP contribution in [0, 0.1) is 18.3 Å². The van der Waals surface area contributed by atoms with Gasteiger partial charge < -0.3 is 4.42 Å². The summed E-state index contributed by atoms with van der Waals surface area (Å²) in [6.07, 6.45) is 2.37. The molecule has 2 rings (SSSR count). The first kappa shape index (κ1) is 10.5. The maximum Gasteiger partial charge on any atom is 0.276 e. The number of rotatable bonds is 5. The number of hydrogen-bond donors (Lipinski definition) is 1. The summed E-state index contributed by atoms with van der Waals surface area (Å²) >= 11 is 1.42. The second-order valence-corrected chi connectivity index (χ2v) is 4.49. The van der Waals surface area contributed by atoms with Gasteiger partial charge in [0, 0.05) is 18.7 Å². The van der Waals surface area contributed by atoms with Gasteiger partial charge in [0.1, 0.15) is 6.04 Å². The van der Waals surface area contributed by atoms with E-state index in [0.29, 0.717) is 22.9 Å². The molecule has 0 saturated heterocycles. The summed E-state index contributed by atoms with van der Waals surface area (Å²) < 4.78 is 5.20. The predicted molar refractivity (Wildman–Crippen MR) is 55.3 cm³/mol. The third-order valence-electron chi connectivity index (χ3n) is 2.05. The van der Waals surface area contributed by atoms with Crippen LogP contribution in [-0.4, -0.2) is 28.0 Å². The Kier molecular flexibility index (Phi) is 3.23. The van der Waals surface area contributed by atoms with Crippen molar-refractivity contribution < 1.29 is 4.42 Å². The van der Waals surface area contributed by atoms with Crippen molar-refractivity contribution in [1.29, 1.82) is 5.26 Å². The van der Waals surface area contributed by atoms with E-state index >= 15 is 0 Å². The van der Waals surface area contributed by atoms with Crippen LogP contribution in [0.4, 0.5) is 0 Å². The molecule has 1 fully saturated rings. The smallest absolute Gasteiger partial charge is 0.276 e. The highest BCUT2D eigenvalue weighted by Crippen LogP contribution is 2.21. The molecule has 0 aliphatic heterocycles. The summed E-state index contributed by atoms with van der Waals surface area (Å²) in [5.74, 6) is 1.20. The van der Waals surface area contributed by atoms with Gasteiger partial charge in [0.2, 0.25) is 5.89 Å². The first-order chi connectivity index (χ1) is 7.28. The summed E-state index contributed by atoms with van der Waals surface area (Å²) in [4.78, 5) is 0. The Morgan fingerprint density at radius 3 is 3.00 bits per heavy atom. The van der Waals surface area contributed by atoms with Crippen LogP contribution in [0.3, 0.4) is 0 Å². The molecule has 80 valence electrons. The first-order valence-corrected chi connectivity index (χ1v) is 5.85. The molecular formula is C9H12N4OS. The average Bonchev–Trinajstić information content (AvgIpc) is 2.95. The maximum atomic E-state index is 8.89. The third-order valence-corrected chi connectivity index (χ3v) is 2.96. The van der Waals surface area contributed by atoms with Gasteiger partial charge in [0.15, 0.2) is 0 Å². The number of nitrogens with zero attached hydrogens (tertiary/aromatic N) is 3. The molecule has 6 heteroatoms. The lowest BCUT2D eigenvalue weighted by atomic mass is 10.4. The van der Waals surface area contributed by atoms with Gasteiger partial charge >= 0.3 is 0 Å². The summed E-state index contributed by atoms with van der Waals surface area (Å²) in [5, 5.41) is 20.3. The highest BCUT2D eigenvalue weighted by atomic mass is 32.2. The van der Waals surface area contributed by atoms with Crippen LogP contribution in [0.25, 0.3) is 0 Å². The van der Waals surface area contributed by atoms with Crippen LogP contribution in [0.2, 0.25) is 0 Å². The molecule has 1 unspecified atom stereocenters. The zero-order chi connectivity index (χ0) is 10.7. The minimum absolute atomic E-state index is 0.130. The van der Waals surface area contributed by atoms with Crippen LogP contribution in [-0.2, 0) is 0 Å². The predicted octanol–water partition coefficient (Wildman–Crippen LogP) is 1.11. The van der Waals surface area contributed by atoms with Gasteiger partial charge in [-0.3, -0.25) is 5.32 Å². The van der Waals surface area contributed by atoms with Gasteiger partial charge in [0.05, 0.1) is 6.07 Å². The van der Waals surface area contributed by atoms with E-state index < -0.39 is 0 Å². The van der Waals surface area contributed by atoms with E-state index in [9.17, 15) is 0 Å². The Hall–Kier alpha value is -1.06. The first-order valence-electron chi connectivity index (χ1n) is 4.86. The lowest BCUT2D eigenvalue weighted by Crippen LogP contribution is -2.31. The van der Waals surface area contributed by atoms with Crippen LogP contribution in [0.5, 0.6) is 0 Å². The molecule has 1 aromatic heterocycles. The molecule has 1 N–H and O–H groups in total. The molecule has 1 saturated carbocycles. The summed E-state index contributed by atoms with van der Waals surface area (Å²) in [7, 11) is 0. The van der Waals surface area contributed by atoms with Crippen molar-refractivity contribution in [3.63, 3.8) is 0 Å². The molecule has 1 aliphatic rings. The zero-order valence-electron chi connectivity index (χ0n) is 8.43. The monoisotopic (exact) mass is 224 g/mol. The number of hydrogen-bond acceptors (Lipinski definition) is 6. The molecule has 1 atom stereocenters. The molecule has 0 amide bonds. The van der Waals surface area contributed by atoms with Crippen LogP contribution in [0.1, 0.15) is 18.7 Å². The van der Waals surface area contributed by atoms with Crippen molar-refractivity contribution in [2.45, 2.75) is 37.1 Å². The molecule has 15 heavy (non-hydrogen) atoms. The van der Waals surface area contributed by atoms with Gasteiger partial charge in [-0.2, -0.15) is 5.26 Å². The molecule has 0 radical (unpaired) electrons. The molecular weight excluding hydrogens is 212 g/mol. The van der Waals surface area contributed by atoms with E-state index in [1.165, 1.54) is 24.6 Å². The minimum Gasteiger partial charge on any atom is -0.416 e. The second kappa shape index (κ2) is 4.64. The van der Waals surface area contributed by atoms with E-state index in [-0.39, 0.29) is 6.04 Å². The van der Waals surface area contributed by atoms with Gasteiger partial charge in [-0.1, -0.05) is 11.8 Å². The van der Waals surface area contributed by atoms with Crippen molar-refractivity contribution in [2.24, 2.45) is 0 Å². The molecule has 1 aliphatic carbocycles. The van der Waals surface area contributed by atoms with Gasteiger partial charge in [-0.15, -0.1) is 10.2 Å². The zero-order valence-corrected chi connectivity index (χ0v) is 9.25. The highest BCUT2D eigenvalue weighted by Gasteiger charge is 2.24. The number of thioether (sulfide) groups is 1. The van der Waals surface area contributed by atoms with E-state index in [4.69, 9.17) is 9.68 Å². The third kappa shape index (κ3) is 3.22. The molecule has 1 heterocycles. The summed E-state index contributed by atoms with van der Waals surface area (Å²) in [5.41, 5.74) is 0. The van der Waals surface area contributed by atoms with E-state index in [1.807, 2.05) is 0 Å². The largest absolute Gasteiger partial charge is 0.416 e. The standard InChI is InChI=1S/C9H12N4OS/c1-6-12-13-9(14-6)15-5-8(4-10)11-7-2-3-7/h7-8,11H,2-3,5H2,1H3. The Morgan fingerprint density at radius 2 is 2.47 bits per heavy atom. The van der Waals surface area contributed by atoms with E-state index in [2.05, 4.69) is 21.6 Å². The van der Waals surface area contributed by atoms with Crippen molar-refractivity contribution in [2.75, 3.05) is 5.75 Å². The summed E-state index contributed by atoms with van der Waals surface area (Å²) in [6.45, 7) is 1.75. The summed E-state index contributed by atoms with van der Waals surface area (Å²) in [6, 6.07) is 2.64. The normalized spacial score (nSPS) is 17.3. The second-order valence-electron chi connectivity index (χ2n) is 3.52. The lowest BCUT2D eigenvalue weighted by Gasteiger charge is -2.07. The van der Waals surface area contributed by atoms with Crippen molar-refractivity contribution in [3.8, 4) is 6.07 Å². The fourth-order valence-electron chi connectivity index (χ4n) is 1.15. The van der Waals surface area contributed by atoms with E-state index in [1.54, 1.807) is 6.92 Å². The van der Waals surface area contributed by atoms with Crippen LogP contribution in [0.15, 0.2) is 9.64 Å². The maximum absolute atomic E-state index is 8.89. The van der Waals surface area contributed by atoms with Crippen LogP contribution >= 0.6 is 11.8 Å².